The van der Waals surface area contributed by atoms with E-state index in [0.29, 0.717) is 30.6 Å². The molecule has 1 aromatic heterocycles. The second-order valence-corrected chi connectivity index (χ2v) is 13.2. The van der Waals surface area contributed by atoms with E-state index in [2.05, 4.69) is 10.6 Å². The smallest absolute Gasteiger partial charge is 0.262 e. The fraction of sp³-hybridized carbons (Fsp3) is 0.486. The third-order valence-electron chi connectivity index (χ3n) is 8.46. The Morgan fingerprint density at radius 2 is 1.79 bits per heavy atom. The van der Waals surface area contributed by atoms with E-state index >= 15 is 0 Å². The second-order valence-electron chi connectivity index (χ2n) is 12.3. The van der Waals surface area contributed by atoms with E-state index in [4.69, 9.17) is 0 Å². The zero-order chi connectivity index (χ0) is 30.9. The minimum Gasteiger partial charge on any atom is -0.394 e. The van der Waals surface area contributed by atoms with Crippen LogP contribution in [-0.2, 0) is 20.8 Å². The molecule has 2 amide bonds. The van der Waals surface area contributed by atoms with Crippen LogP contribution in [0.1, 0.15) is 79.6 Å². The second kappa shape index (κ2) is 15.4. The van der Waals surface area contributed by atoms with Gasteiger partial charge >= 0.3 is 0 Å². The van der Waals surface area contributed by atoms with Crippen LogP contribution in [0.2, 0.25) is 0 Å². The van der Waals surface area contributed by atoms with E-state index in [-0.39, 0.29) is 48.2 Å². The lowest BCUT2D eigenvalue weighted by Crippen LogP contribution is -2.46. The van der Waals surface area contributed by atoms with Crippen molar-refractivity contribution in [2.24, 2.45) is 17.8 Å². The first kappa shape index (κ1) is 32.6. The first-order chi connectivity index (χ1) is 20.7. The van der Waals surface area contributed by atoms with Gasteiger partial charge in [-0.1, -0.05) is 62.7 Å². The lowest BCUT2D eigenvalue weighted by atomic mass is 9.83. The SMILES string of the molecule is Cc1ccsc1C(=O)N[C@@H](Cc1cccc2ccccc12)C(=O)C[C@@H](CC(C)C)C(=O)N[C@H](CO)C[C@@H]1CCCCC1=O. The number of carbonyl (C=O) groups is 4. The quantitative estimate of drug-likeness (QED) is 0.215. The molecule has 0 unspecified atom stereocenters. The summed E-state index contributed by atoms with van der Waals surface area (Å²) in [6.45, 7) is 5.61. The largest absolute Gasteiger partial charge is 0.394 e. The van der Waals surface area contributed by atoms with Gasteiger partial charge in [-0.15, -0.1) is 11.3 Å². The summed E-state index contributed by atoms with van der Waals surface area (Å²) in [4.78, 5) is 53.8. The first-order valence-electron chi connectivity index (χ1n) is 15.4. The molecule has 0 radical (unpaired) electrons. The van der Waals surface area contributed by atoms with Crippen LogP contribution in [0.25, 0.3) is 10.8 Å². The van der Waals surface area contributed by atoms with Gasteiger partial charge < -0.3 is 15.7 Å². The molecule has 3 aromatic rings. The Morgan fingerprint density at radius 1 is 1.02 bits per heavy atom. The zero-order valence-corrected chi connectivity index (χ0v) is 26.3. The van der Waals surface area contributed by atoms with Crippen molar-refractivity contribution in [3.05, 3.63) is 69.9 Å². The minimum atomic E-state index is -0.823. The van der Waals surface area contributed by atoms with Crippen LogP contribution in [0.5, 0.6) is 0 Å². The number of aryl methyl sites for hydroxylation is 1. The summed E-state index contributed by atoms with van der Waals surface area (Å²) < 4.78 is 0. The summed E-state index contributed by atoms with van der Waals surface area (Å²) in [5, 5.41) is 19.9. The van der Waals surface area contributed by atoms with Crippen LogP contribution >= 0.6 is 11.3 Å². The molecule has 4 atom stereocenters. The van der Waals surface area contributed by atoms with Crippen LogP contribution in [0.3, 0.4) is 0 Å². The molecule has 43 heavy (non-hydrogen) atoms. The Hall–Kier alpha value is -3.36. The molecule has 3 N–H and O–H groups in total. The van der Waals surface area contributed by atoms with E-state index in [1.807, 2.05) is 74.7 Å². The zero-order valence-electron chi connectivity index (χ0n) is 25.4. The highest BCUT2D eigenvalue weighted by atomic mass is 32.1. The van der Waals surface area contributed by atoms with Crippen molar-refractivity contribution in [1.29, 1.82) is 0 Å². The maximum atomic E-state index is 14.0. The van der Waals surface area contributed by atoms with E-state index in [9.17, 15) is 24.3 Å². The topological polar surface area (TPSA) is 113 Å². The van der Waals surface area contributed by atoms with E-state index in [1.165, 1.54) is 11.3 Å². The predicted molar refractivity (Wildman–Crippen MR) is 171 cm³/mol. The number of rotatable bonds is 14. The van der Waals surface area contributed by atoms with Crippen molar-refractivity contribution in [1.82, 2.24) is 10.6 Å². The van der Waals surface area contributed by atoms with Crippen LogP contribution in [0, 0.1) is 24.7 Å². The minimum absolute atomic E-state index is 0.0380. The number of carbonyl (C=O) groups excluding carboxylic acids is 4. The summed E-state index contributed by atoms with van der Waals surface area (Å²) in [5.41, 5.74) is 1.80. The standard InChI is InChI=1S/C35H44N2O5S/c1-22(2)17-27(34(41)36-28(21-38)18-26-10-5-7-14-31(26)39)20-32(40)30(37-35(42)33-23(3)15-16-43-33)19-25-12-8-11-24-9-4-6-13-29(24)25/h4,6,8-9,11-13,15-16,22,26-28,30,38H,5,7,10,14,17-21H2,1-3H3,(H,36,41)(H,37,42)/t26-,27+,28-,30-/m0/s1. The van der Waals surface area contributed by atoms with Gasteiger partial charge in [0.2, 0.25) is 5.91 Å². The van der Waals surface area contributed by atoms with E-state index < -0.39 is 18.0 Å². The molecule has 7 nitrogen and oxygen atoms in total. The third-order valence-corrected chi connectivity index (χ3v) is 9.47. The van der Waals surface area contributed by atoms with Gasteiger partial charge in [-0.25, -0.2) is 0 Å². The van der Waals surface area contributed by atoms with Gasteiger partial charge in [0, 0.05) is 31.1 Å². The van der Waals surface area contributed by atoms with Gasteiger partial charge in [-0.05, 0) is 71.9 Å². The summed E-state index contributed by atoms with van der Waals surface area (Å²) in [7, 11) is 0. The monoisotopic (exact) mass is 604 g/mol. The summed E-state index contributed by atoms with van der Waals surface area (Å²) in [5.74, 6) is -1.24. The molecule has 1 aliphatic carbocycles. The van der Waals surface area contributed by atoms with Crippen molar-refractivity contribution in [2.75, 3.05) is 6.61 Å². The molecular weight excluding hydrogens is 560 g/mol. The van der Waals surface area contributed by atoms with Crippen molar-refractivity contribution in [2.45, 2.75) is 84.2 Å². The number of fused-ring (bicyclic) bond motifs is 1. The molecule has 2 aromatic carbocycles. The molecule has 1 heterocycles. The van der Waals surface area contributed by atoms with Crippen molar-refractivity contribution >= 4 is 45.5 Å². The molecule has 0 saturated heterocycles. The molecule has 8 heteroatoms. The van der Waals surface area contributed by atoms with Crippen molar-refractivity contribution < 1.29 is 24.3 Å². The average Bonchev–Trinajstić information content (AvgIpc) is 3.42. The van der Waals surface area contributed by atoms with E-state index in [0.717, 1.165) is 41.2 Å². The molecule has 1 aliphatic rings. The number of hydrogen-bond donors (Lipinski definition) is 3. The highest BCUT2D eigenvalue weighted by Crippen LogP contribution is 2.26. The fourth-order valence-electron chi connectivity index (χ4n) is 6.15. The van der Waals surface area contributed by atoms with E-state index in [1.54, 1.807) is 0 Å². The van der Waals surface area contributed by atoms with Gasteiger partial charge in [0.15, 0.2) is 5.78 Å². The number of ketones is 2. The summed E-state index contributed by atoms with van der Waals surface area (Å²) in [6, 6.07) is 14.4. The van der Waals surface area contributed by atoms with Gasteiger partial charge in [0.25, 0.3) is 5.91 Å². The number of Topliss-reactive ketones (excluding diaryl/α,β-unsaturated/α-hetero) is 2. The number of hydrogen-bond acceptors (Lipinski definition) is 6. The predicted octanol–water partition coefficient (Wildman–Crippen LogP) is 5.80. The normalized spacial score (nSPS) is 17.4. The van der Waals surface area contributed by atoms with Gasteiger partial charge in [-0.2, -0.15) is 0 Å². The number of aliphatic hydroxyl groups excluding tert-OH is 1. The van der Waals surface area contributed by atoms with Crippen LogP contribution in [0.4, 0.5) is 0 Å². The lowest BCUT2D eigenvalue weighted by Gasteiger charge is -2.27. The van der Waals surface area contributed by atoms with Crippen molar-refractivity contribution in [3.8, 4) is 0 Å². The molecule has 230 valence electrons. The maximum absolute atomic E-state index is 14.0. The Balaban J connectivity index is 1.54. The average molecular weight is 605 g/mol. The molecule has 0 bridgehead atoms. The van der Waals surface area contributed by atoms with Crippen LogP contribution in [-0.4, -0.2) is 47.2 Å². The number of thiophene rings is 1. The molecule has 1 fully saturated rings. The Morgan fingerprint density at radius 3 is 2.49 bits per heavy atom. The van der Waals surface area contributed by atoms with Gasteiger partial charge in [-0.3, -0.25) is 19.2 Å². The summed E-state index contributed by atoms with van der Waals surface area (Å²) >= 11 is 1.34. The molecular formula is C35H44N2O5S. The number of aliphatic hydroxyl groups is 1. The Kier molecular flexibility index (Phi) is 11.7. The Labute approximate surface area is 258 Å². The number of benzene rings is 2. The van der Waals surface area contributed by atoms with Gasteiger partial charge in [0.05, 0.1) is 23.6 Å². The molecule has 0 spiro atoms. The highest BCUT2D eigenvalue weighted by molar-refractivity contribution is 7.12. The van der Waals surface area contributed by atoms with Crippen molar-refractivity contribution in [3.63, 3.8) is 0 Å². The Bertz CT molecular complexity index is 1430. The summed E-state index contributed by atoms with van der Waals surface area (Å²) in [6.07, 6.45) is 4.35. The third kappa shape index (κ3) is 8.83. The maximum Gasteiger partial charge on any atom is 0.262 e. The number of amides is 2. The van der Waals surface area contributed by atoms with Crippen LogP contribution < -0.4 is 10.6 Å². The molecule has 0 aliphatic heterocycles. The van der Waals surface area contributed by atoms with Crippen LogP contribution in [0.15, 0.2) is 53.9 Å². The lowest BCUT2D eigenvalue weighted by molar-refractivity contribution is -0.132. The molecule has 1 saturated carbocycles. The van der Waals surface area contributed by atoms with Gasteiger partial charge in [0.1, 0.15) is 5.78 Å². The fourth-order valence-corrected chi connectivity index (χ4v) is 6.98. The first-order valence-corrected chi connectivity index (χ1v) is 16.3. The molecule has 4 rings (SSSR count). The highest BCUT2D eigenvalue weighted by Gasteiger charge is 2.32. The number of nitrogens with one attached hydrogen (secondary N) is 2.